The molecule has 0 spiro atoms. The second-order valence-electron chi connectivity index (χ2n) is 8.42. The van der Waals surface area contributed by atoms with E-state index in [1.165, 1.54) is 22.4 Å². The molecule has 36 heavy (non-hydrogen) atoms. The molecule has 1 aromatic heterocycles. The van der Waals surface area contributed by atoms with Crippen LogP contribution in [0, 0.1) is 0 Å². The minimum absolute atomic E-state index is 0.0498. The summed E-state index contributed by atoms with van der Waals surface area (Å²) < 4.78 is 0. The Hall–Kier alpha value is -3.55. The molecule has 0 unspecified atom stereocenters. The number of rotatable bonds is 14. The molecule has 1 aliphatic rings. The van der Waals surface area contributed by atoms with Crippen molar-refractivity contribution in [2.75, 3.05) is 26.2 Å². The Morgan fingerprint density at radius 2 is 1.94 bits per heavy atom. The first-order valence-corrected chi connectivity index (χ1v) is 12.7. The van der Waals surface area contributed by atoms with Gasteiger partial charge in [-0.25, -0.2) is 4.98 Å². The van der Waals surface area contributed by atoms with Gasteiger partial charge in [0.1, 0.15) is 6.04 Å². The number of nitrogens with two attached hydrogens (primary N) is 3. The monoisotopic (exact) mass is 521 g/mol. The van der Waals surface area contributed by atoms with E-state index in [1.54, 1.807) is 12.3 Å². The van der Waals surface area contributed by atoms with Crippen LogP contribution in [-0.2, 0) is 14.4 Å². The summed E-state index contributed by atoms with van der Waals surface area (Å²) in [6.07, 6.45) is 4.17. The average molecular weight is 522 g/mol. The van der Waals surface area contributed by atoms with Crippen LogP contribution in [0.4, 0.5) is 0 Å². The fourth-order valence-electron chi connectivity index (χ4n) is 3.67. The number of ketones is 1. The van der Waals surface area contributed by atoms with Crippen molar-refractivity contribution in [2.45, 2.75) is 57.5 Å². The first-order valence-electron chi connectivity index (χ1n) is 11.8. The second-order valence-corrected chi connectivity index (χ2v) is 9.31. The van der Waals surface area contributed by atoms with Crippen molar-refractivity contribution >= 4 is 46.6 Å². The number of nitrogens with one attached hydrogen (secondary N) is 2. The van der Waals surface area contributed by atoms with Crippen LogP contribution in [0.15, 0.2) is 21.6 Å². The number of aliphatic imine (C=N–C) groups is 2. The predicted molar refractivity (Wildman–Crippen MR) is 137 cm³/mol. The molecule has 1 aromatic rings. The molecule has 14 heteroatoms. The summed E-state index contributed by atoms with van der Waals surface area (Å²) in [6, 6.07) is -1.51. The van der Waals surface area contributed by atoms with Crippen LogP contribution in [0.5, 0.6) is 0 Å². The van der Waals surface area contributed by atoms with Gasteiger partial charge >= 0.3 is 0 Å². The molecule has 1 aliphatic heterocycles. The van der Waals surface area contributed by atoms with E-state index in [0.29, 0.717) is 57.6 Å². The standard InChI is InChI=1S/C22H35N9O4S/c1-14(23)26-8-3-7-17(32)30-16-6-4-11-31(21(16)35)13-18(33)29-15(5-2-9-28-22(24)25)19(34)20-27-10-12-36-20/h10,12,15-16H,2-9,11,13H2,1H3,(H2,23,26)(H,29,33)(H,30,32)(H4,24,25,28)/t15-,16-/m0/s1. The molecule has 8 N–H and O–H groups in total. The van der Waals surface area contributed by atoms with E-state index in [-0.39, 0.29) is 41.5 Å². The number of amides is 3. The van der Waals surface area contributed by atoms with Gasteiger partial charge < -0.3 is 32.7 Å². The molecule has 0 aliphatic carbocycles. The molecule has 1 saturated heterocycles. The summed E-state index contributed by atoms with van der Waals surface area (Å²) in [5.41, 5.74) is 16.1. The molecule has 0 bridgehead atoms. The van der Waals surface area contributed by atoms with Crippen LogP contribution in [0.3, 0.4) is 0 Å². The zero-order valence-electron chi connectivity index (χ0n) is 20.4. The molecule has 2 rings (SSSR count). The topological polar surface area (TPSA) is 211 Å². The average Bonchev–Trinajstić information content (AvgIpc) is 3.35. The fourth-order valence-corrected chi connectivity index (χ4v) is 4.30. The Kier molecular flexibility index (Phi) is 11.8. The zero-order chi connectivity index (χ0) is 26.5. The summed E-state index contributed by atoms with van der Waals surface area (Å²) in [5.74, 6) is -0.952. The van der Waals surface area contributed by atoms with E-state index in [2.05, 4.69) is 25.6 Å². The SMILES string of the molecule is CC(N)=NCCCC(=O)N[C@H]1CCCN(CC(=O)N[C@@H](CCCN=C(N)N)C(=O)c2nccs2)C1=O. The fraction of sp³-hybridized carbons (Fsp3) is 0.591. The second kappa shape index (κ2) is 14.8. The van der Waals surface area contributed by atoms with Crippen molar-refractivity contribution in [3.8, 4) is 0 Å². The van der Waals surface area contributed by atoms with Gasteiger partial charge in [0.25, 0.3) is 0 Å². The highest BCUT2D eigenvalue weighted by Gasteiger charge is 2.32. The number of guanidine groups is 1. The molecule has 2 heterocycles. The molecule has 13 nitrogen and oxygen atoms in total. The Balaban J connectivity index is 1.91. The zero-order valence-corrected chi connectivity index (χ0v) is 21.3. The molecule has 198 valence electrons. The molecule has 2 atom stereocenters. The summed E-state index contributed by atoms with van der Waals surface area (Å²) in [7, 11) is 0. The van der Waals surface area contributed by atoms with Gasteiger partial charge in [0.2, 0.25) is 23.5 Å². The number of carbonyl (C=O) groups is 4. The van der Waals surface area contributed by atoms with Gasteiger partial charge in [0, 0.05) is 37.6 Å². The Morgan fingerprint density at radius 1 is 1.19 bits per heavy atom. The summed E-state index contributed by atoms with van der Waals surface area (Å²) in [5, 5.41) is 7.43. The van der Waals surface area contributed by atoms with Gasteiger partial charge in [-0.1, -0.05) is 0 Å². The van der Waals surface area contributed by atoms with Crippen molar-refractivity contribution in [3.05, 3.63) is 16.6 Å². The van der Waals surface area contributed by atoms with Crippen LogP contribution < -0.4 is 27.8 Å². The first-order chi connectivity index (χ1) is 17.2. The molecule has 0 saturated carbocycles. The number of carbonyl (C=O) groups excluding carboxylic acids is 4. The van der Waals surface area contributed by atoms with Crippen molar-refractivity contribution in [2.24, 2.45) is 27.2 Å². The van der Waals surface area contributed by atoms with E-state index in [9.17, 15) is 19.2 Å². The molecule has 3 amide bonds. The number of amidine groups is 1. The summed E-state index contributed by atoms with van der Waals surface area (Å²) in [6.45, 7) is 2.59. The third-order valence-electron chi connectivity index (χ3n) is 5.36. The maximum Gasteiger partial charge on any atom is 0.245 e. The van der Waals surface area contributed by atoms with Gasteiger partial charge in [-0.15, -0.1) is 11.3 Å². The Bertz CT molecular complexity index is 957. The third-order valence-corrected chi connectivity index (χ3v) is 6.15. The number of hydrogen-bond donors (Lipinski definition) is 5. The van der Waals surface area contributed by atoms with E-state index in [1.807, 2.05) is 0 Å². The highest BCUT2D eigenvalue weighted by molar-refractivity contribution is 7.11. The van der Waals surface area contributed by atoms with Gasteiger partial charge in [-0.05, 0) is 39.0 Å². The number of likely N-dealkylation sites (tertiary alicyclic amines) is 1. The Morgan fingerprint density at radius 3 is 2.61 bits per heavy atom. The smallest absolute Gasteiger partial charge is 0.245 e. The van der Waals surface area contributed by atoms with Crippen LogP contribution >= 0.6 is 11.3 Å². The summed E-state index contributed by atoms with van der Waals surface area (Å²) >= 11 is 1.18. The lowest BCUT2D eigenvalue weighted by Gasteiger charge is -2.32. The summed E-state index contributed by atoms with van der Waals surface area (Å²) in [4.78, 5) is 64.1. The number of aromatic nitrogens is 1. The van der Waals surface area contributed by atoms with Gasteiger partial charge in [-0.2, -0.15) is 0 Å². The van der Waals surface area contributed by atoms with Crippen LogP contribution in [0.25, 0.3) is 0 Å². The minimum atomic E-state index is -0.826. The molecule has 0 radical (unpaired) electrons. The van der Waals surface area contributed by atoms with E-state index < -0.39 is 18.0 Å². The van der Waals surface area contributed by atoms with E-state index in [4.69, 9.17) is 17.2 Å². The van der Waals surface area contributed by atoms with Crippen molar-refractivity contribution in [1.82, 2.24) is 20.5 Å². The quantitative estimate of drug-likeness (QED) is 0.0896. The number of thiazole rings is 1. The lowest BCUT2D eigenvalue weighted by atomic mass is 10.0. The first kappa shape index (κ1) is 28.7. The largest absolute Gasteiger partial charge is 0.388 e. The molecular weight excluding hydrogens is 486 g/mol. The van der Waals surface area contributed by atoms with Crippen LogP contribution in [0.1, 0.15) is 55.3 Å². The third kappa shape index (κ3) is 9.98. The number of Topliss-reactive ketones (excluding diaryl/α,β-unsaturated/α-hetero) is 1. The highest BCUT2D eigenvalue weighted by atomic mass is 32.1. The normalized spacial score (nSPS) is 16.8. The lowest BCUT2D eigenvalue weighted by Crippen LogP contribution is -2.55. The number of hydrogen-bond acceptors (Lipinski definition) is 8. The predicted octanol–water partition coefficient (Wildman–Crippen LogP) is -0.871. The Labute approximate surface area is 214 Å². The maximum absolute atomic E-state index is 12.9. The number of piperidine rings is 1. The van der Waals surface area contributed by atoms with Crippen LogP contribution in [0.2, 0.25) is 0 Å². The van der Waals surface area contributed by atoms with Crippen LogP contribution in [-0.4, -0.2) is 83.4 Å². The van der Waals surface area contributed by atoms with Gasteiger partial charge in [0.15, 0.2) is 11.0 Å². The highest BCUT2D eigenvalue weighted by Crippen LogP contribution is 2.14. The van der Waals surface area contributed by atoms with E-state index in [0.717, 1.165) is 0 Å². The lowest BCUT2D eigenvalue weighted by molar-refractivity contribution is -0.141. The van der Waals surface area contributed by atoms with Crippen molar-refractivity contribution < 1.29 is 19.2 Å². The minimum Gasteiger partial charge on any atom is -0.388 e. The van der Waals surface area contributed by atoms with E-state index >= 15 is 0 Å². The van der Waals surface area contributed by atoms with Crippen molar-refractivity contribution in [1.29, 1.82) is 0 Å². The van der Waals surface area contributed by atoms with Gasteiger partial charge in [0.05, 0.1) is 18.4 Å². The molecule has 1 fully saturated rings. The van der Waals surface area contributed by atoms with Gasteiger partial charge in [-0.3, -0.25) is 29.2 Å². The molecule has 0 aromatic carbocycles. The molecular formula is C22H35N9O4S. The van der Waals surface area contributed by atoms with Crippen molar-refractivity contribution in [3.63, 3.8) is 0 Å². The maximum atomic E-state index is 12.9. The number of nitrogens with zero attached hydrogens (tertiary/aromatic N) is 4.